The highest BCUT2D eigenvalue weighted by Gasteiger charge is 2.19. The first-order chi connectivity index (χ1) is 14.7. The molecule has 1 amide bonds. The summed E-state index contributed by atoms with van der Waals surface area (Å²) in [7, 11) is 1.73. The van der Waals surface area contributed by atoms with Gasteiger partial charge in [-0.2, -0.15) is 10.2 Å². The van der Waals surface area contributed by atoms with Gasteiger partial charge in [0.25, 0.3) is 5.91 Å². The van der Waals surface area contributed by atoms with Gasteiger partial charge >= 0.3 is 5.97 Å². The number of aromatic hydroxyl groups is 1. The number of carboxylic acids is 1. The minimum absolute atomic E-state index is 0.0268. The third-order valence-corrected chi connectivity index (χ3v) is 4.93. The molecule has 31 heavy (non-hydrogen) atoms. The summed E-state index contributed by atoms with van der Waals surface area (Å²) in [5.74, 6) is -1.19. The maximum atomic E-state index is 12.3. The summed E-state index contributed by atoms with van der Waals surface area (Å²) in [6.07, 6.45) is 0. The second-order valence-corrected chi connectivity index (χ2v) is 7.47. The first kappa shape index (κ1) is 21.8. The van der Waals surface area contributed by atoms with Crippen molar-refractivity contribution in [2.45, 2.75) is 26.7 Å². The molecule has 0 saturated carbocycles. The quantitative estimate of drug-likeness (QED) is 0.415. The highest BCUT2D eigenvalue weighted by Crippen LogP contribution is 2.32. The maximum Gasteiger partial charge on any atom is 0.335 e. The van der Waals surface area contributed by atoms with Crippen molar-refractivity contribution in [2.75, 3.05) is 0 Å². The molecule has 1 aromatic heterocycles. The van der Waals surface area contributed by atoms with E-state index in [1.54, 1.807) is 18.7 Å². The lowest BCUT2D eigenvalue weighted by molar-refractivity contribution is 0.0696. The molecular weight excluding hydrogens is 396 g/mol. The van der Waals surface area contributed by atoms with E-state index in [9.17, 15) is 14.7 Å². The van der Waals surface area contributed by atoms with E-state index in [0.717, 1.165) is 5.56 Å². The van der Waals surface area contributed by atoms with Crippen molar-refractivity contribution in [1.29, 1.82) is 0 Å². The van der Waals surface area contributed by atoms with Gasteiger partial charge in [-0.05, 0) is 42.7 Å². The number of carbonyl (C=O) groups is 2. The molecule has 0 spiro atoms. The molecule has 0 atom stereocenters. The third-order valence-electron chi connectivity index (χ3n) is 4.93. The second kappa shape index (κ2) is 8.83. The Labute approximate surface area is 179 Å². The Morgan fingerprint density at radius 3 is 2.16 bits per heavy atom. The van der Waals surface area contributed by atoms with Crippen molar-refractivity contribution in [1.82, 2.24) is 15.2 Å². The predicted molar refractivity (Wildman–Crippen MR) is 117 cm³/mol. The van der Waals surface area contributed by atoms with Crippen LogP contribution in [0.25, 0.3) is 11.3 Å². The van der Waals surface area contributed by atoms with E-state index in [1.165, 1.54) is 29.8 Å². The number of aryl methyl sites for hydroxylation is 1. The number of aromatic carboxylic acids is 1. The number of benzene rings is 2. The lowest BCUT2D eigenvalue weighted by Crippen LogP contribution is -2.19. The fraction of sp³-hybridized carbons (Fsp3) is 0.217. The molecule has 3 rings (SSSR count). The Morgan fingerprint density at radius 2 is 1.61 bits per heavy atom. The van der Waals surface area contributed by atoms with Gasteiger partial charge in [-0.1, -0.05) is 38.1 Å². The highest BCUT2D eigenvalue weighted by atomic mass is 16.4. The fourth-order valence-corrected chi connectivity index (χ4v) is 3.12. The van der Waals surface area contributed by atoms with Crippen LogP contribution in [0, 0.1) is 0 Å². The van der Waals surface area contributed by atoms with Crippen LogP contribution in [0.1, 0.15) is 58.7 Å². The van der Waals surface area contributed by atoms with E-state index in [-0.39, 0.29) is 22.6 Å². The number of hydrazone groups is 1. The number of rotatable bonds is 6. The van der Waals surface area contributed by atoms with Crippen molar-refractivity contribution in [3.63, 3.8) is 0 Å². The van der Waals surface area contributed by atoms with Gasteiger partial charge in [0.15, 0.2) is 11.4 Å². The smallest absolute Gasteiger partial charge is 0.335 e. The number of nitrogens with zero attached hydrogens (tertiary/aromatic N) is 3. The van der Waals surface area contributed by atoms with Gasteiger partial charge in [-0.25, -0.2) is 10.2 Å². The second-order valence-electron chi connectivity index (χ2n) is 7.47. The summed E-state index contributed by atoms with van der Waals surface area (Å²) in [6, 6.07) is 13.4. The fourth-order valence-electron chi connectivity index (χ4n) is 3.12. The number of hydrogen-bond donors (Lipinski definition) is 3. The van der Waals surface area contributed by atoms with Gasteiger partial charge in [0.2, 0.25) is 0 Å². The van der Waals surface area contributed by atoms with Gasteiger partial charge in [-0.15, -0.1) is 0 Å². The summed E-state index contributed by atoms with van der Waals surface area (Å²) < 4.78 is 1.57. The van der Waals surface area contributed by atoms with E-state index in [4.69, 9.17) is 5.11 Å². The third kappa shape index (κ3) is 4.63. The largest absolute Gasteiger partial charge is 0.504 e. The summed E-state index contributed by atoms with van der Waals surface area (Å²) in [5, 5.41) is 28.1. The number of amides is 1. The van der Waals surface area contributed by atoms with Crippen LogP contribution in [0.5, 0.6) is 5.75 Å². The Hall–Kier alpha value is -3.94. The van der Waals surface area contributed by atoms with Gasteiger partial charge in [0.1, 0.15) is 5.69 Å². The Kier molecular flexibility index (Phi) is 6.20. The first-order valence-corrected chi connectivity index (χ1v) is 9.73. The number of aromatic nitrogens is 2. The lowest BCUT2D eigenvalue weighted by atomic mass is 10.0. The monoisotopic (exact) mass is 420 g/mol. The van der Waals surface area contributed by atoms with Crippen molar-refractivity contribution in [2.24, 2.45) is 12.1 Å². The van der Waals surface area contributed by atoms with Gasteiger partial charge in [-0.3, -0.25) is 9.48 Å². The molecule has 8 nitrogen and oxygen atoms in total. The van der Waals surface area contributed by atoms with E-state index >= 15 is 0 Å². The molecule has 0 aliphatic carbocycles. The molecule has 0 radical (unpaired) electrons. The summed E-state index contributed by atoms with van der Waals surface area (Å²) >= 11 is 0. The SMILES string of the molecule is C/C(=N/NC(=O)c1ccc(C(=O)O)cc1)c1nn(C)c(-c2ccc(C(C)C)cc2)c1O. The van der Waals surface area contributed by atoms with Crippen molar-refractivity contribution in [3.8, 4) is 17.0 Å². The number of carbonyl (C=O) groups excluding carboxylic acids is 1. The molecular formula is C23H24N4O4. The van der Waals surface area contributed by atoms with E-state index in [2.05, 4.69) is 29.5 Å². The van der Waals surface area contributed by atoms with Crippen LogP contribution in [0.4, 0.5) is 0 Å². The minimum Gasteiger partial charge on any atom is -0.504 e. The summed E-state index contributed by atoms with van der Waals surface area (Å²) in [6.45, 7) is 5.86. The Balaban J connectivity index is 1.81. The van der Waals surface area contributed by atoms with Gasteiger partial charge in [0, 0.05) is 18.2 Å². The van der Waals surface area contributed by atoms with Crippen LogP contribution in [-0.2, 0) is 7.05 Å². The normalized spacial score (nSPS) is 11.6. The van der Waals surface area contributed by atoms with Crippen molar-refractivity contribution >= 4 is 17.6 Å². The van der Waals surface area contributed by atoms with E-state index < -0.39 is 11.9 Å². The molecule has 8 heteroatoms. The van der Waals surface area contributed by atoms with Crippen LogP contribution < -0.4 is 5.43 Å². The van der Waals surface area contributed by atoms with E-state index in [1.807, 2.05) is 24.3 Å². The van der Waals surface area contributed by atoms with Crippen LogP contribution in [0.3, 0.4) is 0 Å². The van der Waals surface area contributed by atoms with Gasteiger partial charge < -0.3 is 10.2 Å². The molecule has 2 aromatic carbocycles. The number of hydrogen-bond acceptors (Lipinski definition) is 5. The molecule has 0 aliphatic rings. The first-order valence-electron chi connectivity index (χ1n) is 9.73. The Morgan fingerprint density at radius 1 is 1.03 bits per heavy atom. The lowest BCUT2D eigenvalue weighted by Gasteiger charge is -2.07. The molecule has 1 heterocycles. The zero-order valence-corrected chi connectivity index (χ0v) is 17.7. The molecule has 3 aromatic rings. The molecule has 0 unspecified atom stereocenters. The van der Waals surface area contributed by atoms with Gasteiger partial charge in [0.05, 0.1) is 11.3 Å². The van der Waals surface area contributed by atoms with E-state index in [0.29, 0.717) is 17.3 Å². The average molecular weight is 420 g/mol. The van der Waals surface area contributed by atoms with Crippen molar-refractivity contribution < 1.29 is 19.8 Å². The molecule has 160 valence electrons. The molecule has 0 saturated heterocycles. The highest BCUT2D eigenvalue weighted by molar-refractivity contribution is 6.02. The molecule has 0 bridgehead atoms. The zero-order valence-electron chi connectivity index (χ0n) is 17.7. The molecule has 3 N–H and O–H groups in total. The minimum atomic E-state index is -1.07. The summed E-state index contributed by atoms with van der Waals surface area (Å²) in [4.78, 5) is 23.2. The van der Waals surface area contributed by atoms with Crippen LogP contribution in [0.2, 0.25) is 0 Å². The molecule has 0 fully saturated rings. The summed E-state index contributed by atoms with van der Waals surface area (Å²) in [5.41, 5.74) is 5.90. The predicted octanol–water partition coefficient (Wildman–Crippen LogP) is 3.77. The van der Waals surface area contributed by atoms with Crippen molar-refractivity contribution in [3.05, 3.63) is 70.9 Å². The topological polar surface area (TPSA) is 117 Å². The van der Waals surface area contributed by atoms with Crippen LogP contribution >= 0.6 is 0 Å². The zero-order chi connectivity index (χ0) is 22.7. The van der Waals surface area contributed by atoms with Crippen LogP contribution in [-0.4, -0.2) is 37.6 Å². The number of carboxylic acid groups (broad SMARTS) is 1. The van der Waals surface area contributed by atoms with Crippen LogP contribution in [0.15, 0.2) is 53.6 Å². The standard InChI is InChI=1S/C23H24N4O4/c1-13(2)15-5-7-16(8-6-15)20-21(28)19(26-27(20)4)14(3)24-25-22(29)17-9-11-18(12-10-17)23(30)31/h5-13,28H,1-4H3,(H,25,29)(H,30,31)/b24-14-. The number of nitrogens with one attached hydrogen (secondary N) is 1. The average Bonchev–Trinajstić information content (AvgIpc) is 3.05. The maximum absolute atomic E-state index is 12.3. The Bertz CT molecular complexity index is 1140. The molecule has 0 aliphatic heterocycles.